The molecule has 1 heterocycles. The monoisotopic (exact) mass is 281 g/mol. The standard InChI is InChI=1S/C15H20ClNO2/c16-12-9-14-13(18-6-3-7-19-14)8-11(12)15(17)10-4-1-2-5-10/h8-10,15H,1-7,17H2. The molecule has 104 valence electrons. The highest BCUT2D eigenvalue weighted by Gasteiger charge is 2.26. The maximum atomic E-state index is 6.39. The van der Waals surface area contributed by atoms with E-state index in [1.54, 1.807) is 0 Å². The molecule has 1 aliphatic carbocycles. The Morgan fingerprint density at radius 2 is 1.68 bits per heavy atom. The molecule has 0 spiro atoms. The molecule has 3 rings (SSSR count). The van der Waals surface area contributed by atoms with Crippen LogP contribution in [0.5, 0.6) is 11.5 Å². The first-order chi connectivity index (χ1) is 9.25. The fourth-order valence-corrected chi connectivity index (χ4v) is 3.31. The molecule has 1 saturated carbocycles. The van der Waals surface area contributed by atoms with E-state index in [1.807, 2.05) is 12.1 Å². The van der Waals surface area contributed by atoms with Crippen molar-refractivity contribution in [3.05, 3.63) is 22.7 Å². The van der Waals surface area contributed by atoms with E-state index in [4.69, 9.17) is 26.8 Å². The molecule has 1 atom stereocenters. The van der Waals surface area contributed by atoms with Gasteiger partial charge in [-0.1, -0.05) is 24.4 Å². The number of hydrogen-bond donors (Lipinski definition) is 1. The summed E-state index contributed by atoms with van der Waals surface area (Å²) >= 11 is 6.37. The number of fused-ring (bicyclic) bond motifs is 1. The van der Waals surface area contributed by atoms with Gasteiger partial charge in [-0.3, -0.25) is 0 Å². The lowest BCUT2D eigenvalue weighted by atomic mass is 9.92. The Hall–Kier alpha value is -0.930. The second kappa shape index (κ2) is 5.59. The summed E-state index contributed by atoms with van der Waals surface area (Å²) in [5.41, 5.74) is 7.39. The number of nitrogens with two attached hydrogens (primary N) is 1. The van der Waals surface area contributed by atoms with Crippen LogP contribution in [0.2, 0.25) is 5.02 Å². The van der Waals surface area contributed by atoms with Crippen molar-refractivity contribution >= 4 is 11.6 Å². The van der Waals surface area contributed by atoms with Crippen molar-refractivity contribution in [1.82, 2.24) is 0 Å². The van der Waals surface area contributed by atoms with E-state index < -0.39 is 0 Å². The van der Waals surface area contributed by atoms with E-state index in [-0.39, 0.29) is 6.04 Å². The van der Waals surface area contributed by atoms with E-state index in [2.05, 4.69) is 0 Å². The second-order valence-corrected chi connectivity index (χ2v) is 5.85. The number of hydrogen-bond acceptors (Lipinski definition) is 3. The van der Waals surface area contributed by atoms with E-state index in [9.17, 15) is 0 Å². The largest absolute Gasteiger partial charge is 0.490 e. The molecule has 1 aromatic carbocycles. The topological polar surface area (TPSA) is 44.5 Å². The Morgan fingerprint density at radius 3 is 2.37 bits per heavy atom. The lowest BCUT2D eigenvalue weighted by Crippen LogP contribution is -2.19. The molecule has 19 heavy (non-hydrogen) atoms. The molecule has 1 unspecified atom stereocenters. The highest BCUT2D eigenvalue weighted by atomic mass is 35.5. The Balaban J connectivity index is 1.90. The van der Waals surface area contributed by atoms with E-state index >= 15 is 0 Å². The van der Waals surface area contributed by atoms with E-state index in [0.717, 1.165) is 23.5 Å². The zero-order valence-corrected chi connectivity index (χ0v) is 11.8. The van der Waals surface area contributed by atoms with Crippen LogP contribution in [-0.2, 0) is 0 Å². The third-order valence-electron chi connectivity index (χ3n) is 4.13. The smallest absolute Gasteiger partial charge is 0.162 e. The molecular weight excluding hydrogens is 262 g/mol. The van der Waals surface area contributed by atoms with Gasteiger partial charge < -0.3 is 15.2 Å². The summed E-state index contributed by atoms with van der Waals surface area (Å²) in [6.45, 7) is 1.37. The molecule has 4 heteroatoms. The molecule has 2 N–H and O–H groups in total. The summed E-state index contributed by atoms with van der Waals surface area (Å²) in [4.78, 5) is 0. The third-order valence-corrected chi connectivity index (χ3v) is 4.46. The molecule has 1 fully saturated rings. The van der Waals surface area contributed by atoms with Crippen LogP contribution in [0.3, 0.4) is 0 Å². The van der Waals surface area contributed by atoms with Gasteiger partial charge in [0.05, 0.1) is 13.2 Å². The molecule has 1 aliphatic heterocycles. The first-order valence-corrected chi connectivity index (χ1v) is 7.48. The van der Waals surface area contributed by atoms with Gasteiger partial charge in [-0.25, -0.2) is 0 Å². The maximum absolute atomic E-state index is 6.39. The lowest BCUT2D eigenvalue weighted by Gasteiger charge is -2.21. The normalized spacial score (nSPS) is 21.2. The van der Waals surface area contributed by atoms with Crippen LogP contribution in [0.25, 0.3) is 0 Å². The van der Waals surface area contributed by atoms with Gasteiger partial charge in [0.2, 0.25) is 0 Å². The molecule has 0 saturated heterocycles. The molecule has 0 amide bonds. The molecule has 0 aromatic heterocycles. The van der Waals surface area contributed by atoms with Crippen LogP contribution in [-0.4, -0.2) is 13.2 Å². The second-order valence-electron chi connectivity index (χ2n) is 5.44. The van der Waals surface area contributed by atoms with Crippen molar-refractivity contribution < 1.29 is 9.47 Å². The lowest BCUT2D eigenvalue weighted by molar-refractivity contribution is 0.297. The van der Waals surface area contributed by atoms with Crippen LogP contribution in [0.1, 0.15) is 43.7 Å². The predicted octanol–water partition coefficient (Wildman–Crippen LogP) is 3.69. The van der Waals surface area contributed by atoms with Gasteiger partial charge in [-0.15, -0.1) is 0 Å². The number of rotatable bonds is 2. The van der Waals surface area contributed by atoms with Crippen molar-refractivity contribution in [3.63, 3.8) is 0 Å². The minimum absolute atomic E-state index is 0.00662. The average molecular weight is 282 g/mol. The SMILES string of the molecule is NC(c1cc2c(cc1Cl)OCCCO2)C1CCCC1. The van der Waals surface area contributed by atoms with Crippen LogP contribution in [0.15, 0.2) is 12.1 Å². The molecule has 0 bridgehead atoms. The fraction of sp³-hybridized carbons (Fsp3) is 0.600. The van der Waals surface area contributed by atoms with Crippen LogP contribution in [0, 0.1) is 5.92 Å². The summed E-state index contributed by atoms with van der Waals surface area (Å²) in [5.74, 6) is 2.07. The van der Waals surface area contributed by atoms with Gasteiger partial charge in [-0.05, 0) is 30.4 Å². The number of benzene rings is 1. The number of ether oxygens (including phenoxy) is 2. The quantitative estimate of drug-likeness (QED) is 0.899. The Labute approximate surface area is 119 Å². The van der Waals surface area contributed by atoms with E-state index in [1.165, 1.54) is 25.7 Å². The average Bonchev–Trinajstić information content (AvgIpc) is 2.84. The van der Waals surface area contributed by atoms with Crippen molar-refractivity contribution in [2.24, 2.45) is 11.7 Å². The van der Waals surface area contributed by atoms with Gasteiger partial charge in [0.15, 0.2) is 11.5 Å². The van der Waals surface area contributed by atoms with Gasteiger partial charge in [-0.2, -0.15) is 0 Å². The Bertz CT molecular complexity index is 458. The summed E-state index contributed by atoms with van der Waals surface area (Å²) in [6, 6.07) is 3.84. The molecule has 0 radical (unpaired) electrons. The molecular formula is C15H20ClNO2. The first-order valence-electron chi connectivity index (χ1n) is 7.10. The maximum Gasteiger partial charge on any atom is 0.162 e. The minimum Gasteiger partial charge on any atom is -0.490 e. The highest BCUT2D eigenvalue weighted by Crippen LogP contribution is 2.41. The summed E-state index contributed by atoms with van der Waals surface area (Å²) in [7, 11) is 0. The molecule has 3 nitrogen and oxygen atoms in total. The van der Waals surface area contributed by atoms with Crippen LogP contribution in [0.4, 0.5) is 0 Å². The zero-order chi connectivity index (χ0) is 13.2. The van der Waals surface area contributed by atoms with Crippen molar-refractivity contribution in [2.75, 3.05) is 13.2 Å². The van der Waals surface area contributed by atoms with Gasteiger partial charge in [0, 0.05) is 23.6 Å². The Morgan fingerprint density at radius 1 is 1.05 bits per heavy atom. The first kappa shape index (κ1) is 13.1. The van der Waals surface area contributed by atoms with Gasteiger partial charge in [0.25, 0.3) is 0 Å². The highest BCUT2D eigenvalue weighted by molar-refractivity contribution is 6.31. The predicted molar refractivity (Wildman–Crippen MR) is 75.9 cm³/mol. The van der Waals surface area contributed by atoms with Crippen molar-refractivity contribution in [2.45, 2.75) is 38.1 Å². The van der Waals surface area contributed by atoms with Crippen molar-refractivity contribution in [1.29, 1.82) is 0 Å². The molecule has 1 aromatic rings. The van der Waals surface area contributed by atoms with Crippen LogP contribution >= 0.6 is 11.6 Å². The van der Waals surface area contributed by atoms with Crippen molar-refractivity contribution in [3.8, 4) is 11.5 Å². The minimum atomic E-state index is 0.00662. The summed E-state index contributed by atoms with van der Waals surface area (Å²) in [6.07, 6.45) is 5.86. The summed E-state index contributed by atoms with van der Waals surface area (Å²) in [5, 5.41) is 0.698. The van der Waals surface area contributed by atoms with Gasteiger partial charge >= 0.3 is 0 Å². The Kier molecular flexibility index (Phi) is 3.85. The zero-order valence-electron chi connectivity index (χ0n) is 11.0. The van der Waals surface area contributed by atoms with Crippen LogP contribution < -0.4 is 15.2 Å². The molecule has 2 aliphatic rings. The summed E-state index contributed by atoms with van der Waals surface area (Å²) < 4.78 is 11.4. The van der Waals surface area contributed by atoms with Gasteiger partial charge in [0.1, 0.15) is 0 Å². The number of halogens is 1. The third kappa shape index (κ3) is 2.67. The fourth-order valence-electron chi connectivity index (χ4n) is 3.03. The van der Waals surface area contributed by atoms with E-state index in [0.29, 0.717) is 24.2 Å².